The molecule has 1 heterocycles. The molecule has 92 valence electrons. The summed E-state index contributed by atoms with van der Waals surface area (Å²) < 4.78 is 5.03. The molecule has 1 saturated heterocycles. The van der Waals surface area contributed by atoms with Crippen molar-refractivity contribution >= 4 is 11.9 Å². The summed E-state index contributed by atoms with van der Waals surface area (Å²) in [6.07, 6.45) is 0.527. The van der Waals surface area contributed by atoms with E-state index in [1.165, 1.54) is 4.90 Å². The van der Waals surface area contributed by atoms with Gasteiger partial charge in [-0.2, -0.15) is 0 Å². The zero-order chi connectivity index (χ0) is 12.1. The highest BCUT2D eigenvalue weighted by atomic mass is 16.5. The Morgan fingerprint density at radius 1 is 1.62 bits per heavy atom. The zero-order valence-corrected chi connectivity index (χ0v) is 9.39. The summed E-state index contributed by atoms with van der Waals surface area (Å²) in [6, 6.07) is -0.530. The first-order valence-electron chi connectivity index (χ1n) is 5.45. The van der Waals surface area contributed by atoms with E-state index in [1.807, 2.05) is 6.92 Å². The highest BCUT2D eigenvalue weighted by molar-refractivity contribution is 5.82. The zero-order valence-electron chi connectivity index (χ0n) is 9.39. The van der Waals surface area contributed by atoms with Crippen LogP contribution in [0, 0.1) is 0 Å². The van der Waals surface area contributed by atoms with E-state index in [9.17, 15) is 9.59 Å². The first kappa shape index (κ1) is 12.9. The Kier molecular flexibility index (Phi) is 4.70. The molecule has 6 heteroatoms. The molecule has 1 fully saturated rings. The van der Waals surface area contributed by atoms with Crippen LogP contribution in [0.15, 0.2) is 0 Å². The highest BCUT2D eigenvalue weighted by Crippen LogP contribution is 2.08. The molecule has 2 atom stereocenters. The number of carboxylic acids is 1. The van der Waals surface area contributed by atoms with E-state index in [0.717, 1.165) is 6.42 Å². The van der Waals surface area contributed by atoms with Crippen molar-refractivity contribution in [3.05, 3.63) is 0 Å². The average Bonchev–Trinajstić information content (AvgIpc) is 2.28. The van der Waals surface area contributed by atoms with E-state index in [2.05, 4.69) is 0 Å². The minimum absolute atomic E-state index is 0.0889. The lowest BCUT2D eigenvalue weighted by Crippen LogP contribution is -2.53. The third kappa shape index (κ3) is 3.18. The van der Waals surface area contributed by atoms with Crippen LogP contribution in [-0.4, -0.2) is 53.7 Å². The number of aliphatic carboxylic acids is 1. The van der Waals surface area contributed by atoms with Gasteiger partial charge in [-0.05, 0) is 6.42 Å². The fraction of sp³-hybridized carbons (Fsp3) is 0.800. The van der Waals surface area contributed by atoms with Gasteiger partial charge in [-0.25, -0.2) is 4.79 Å². The molecule has 0 bridgehead atoms. The Morgan fingerprint density at radius 3 is 2.88 bits per heavy atom. The Labute approximate surface area is 94.3 Å². The van der Waals surface area contributed by atoms with Gasteiger partial charge in [0.1, 0.15) is 0 Å². The maximum atomic E-state index is 11.8. The third-order valence-corrected chi connectivity index (χ3v) is 2.57. The third-order valence-electron chi connectivity index (χ3n) is 2.57. The van der Waals surface area contributed by atoms with Crippen molar-refractivity contribution in [3.63, 3.8) is 0 Å². The first-order valence-corrected chi connectivity index (χ1v) is 5.45. The summed E-state index contributed by atoms with van der Waals surface area (Å²) in [6.45, 7) is 2.71. The largest absolute Gasteiger partial charge is 0.479 e. The van der Waals surface area contributed by atoms with Crippen molar-refractivity contribution in [2.24, 2.45) is 5.73 Å². The minimum Gasteiger partial charge on any atom is -0.479 e. The van der Waals surface area contributed by atoms with Gasteiger partial charge < -0.3 is 20.5 Å². The summed E-state index contributed by atoms with van der Waals surface area (Å²) in [5.41, 5.74) is 5.70. The van der Waals surface area contributed by atoms with E-state index in [4.69, 9.17) is 15.6 Å². The van der Waals surface area contributed by atoms with Crippen LogP contribution in [0.5, 0.6) is 0 Å². The molecule has 1 aliphatic heterocycles. The molecule has 3 N–H and O–H groups in total. The second-order valence-electron chi connectivity index (χ2n) is 3.88. The maximum absolute atomic E-state index is 11.8. The minimum atomic E-state index is -1.04. The standard InChI is InChI=1S/C10H18N2O4/c1-2-3-7(11)9(13)12-4-5-16-8(6-12)10(14)15/h7-8H,2-6,11H2,1H3,(H,14,15)/t7-,8?/m0/s1. The predicted molar refractivity (Wildman–Crippen MR) is 56.8 cm³/mol. The van der Waals surface area contributed by atoms with E-state index < -0.39 is 18.1 Å². The van der Waals surface area contributed by atoms with E-state index >= 15 is 0 Å². The normalized spacial score (nSPS) is 22.9. The Hall–Kier alpha value is -1.14. The molecule has 0 spiro atoms. The number of carboxylic acid groups (broad SMARTS) is 1. The summed E-state index contributed by atoms with van der Waals surface area (Å²) in [4.78, 5) is 24.0. The van der Waals surface area contributed by atoms with E-state index in [1.54, 1.807) is 0 Å². The van der Waals surface area contributed by atoms with Gasteiger partial charge in [0, 0.05) is 6.54 Å². The number of carbonyl (C=O) groups is 2. The second kappa shape index (κ2) is 5.81. The summed E-state index contributed by atoms with van der Waals surface area (Å²) >= 11 is 0. The lowest BCUT2D eigenvalue weighted by atomic mass is 10.1. The van der Waals surface area contributed by atoms with Crippen molar-refractivity contribution in [3.8, 4) is 0 Å². The fourth-order valence-electron chi connectivity index (χ4n) is 1.67. The molecule has 0 aromatic heterocycles. The molecule has 16 heavy (non-hydrogen) atoms. The number of nitrogens with zero attached hydrogens (tertiary/aromatic N) is 1. The van der Waals surface area contributed by atoms with Gasteiger partial charge in [-0.1, -0.05) is 13.3 Å². The topological polar surface area (TPSA) is 92.9 Å². The van der Waals surface area contributed by atoms with Crippen LogP contribution in [0.25, 0.3) is 0 Å². The smallest absolute Gasteiger partial charge is 0.334 e. The number of rotatable bonds is 4. The highest BCUT2D eigenvalue weighted by Gasteiger charge is 2.30. The second-order valence-corrected chi connectivity index (χ2v) is 3.88. The van der Waals surface area contributed by atoms with Gasteiger partial charge in [0.25, 0.3) is 0 Å². The van der Waals surface area contributed by atoms with Gasteiger partial charge in [-0.15, -0.1) is 0 Å². The molecule has 0 aromatic carbocycles. The molecule has 0 saturated carbocycles. The van der Waals surface area contributed by atoms with Crippen LogP contribution < -0.4 is 5.73 Å². The van der Waals surface area contributed by atoms with Crippen LogP contribution in [0.3, 0.4) is 0 Å². The molecule has 6 nitrogen and oxygen atoms in total. The molecular weight excluding hydrogens is 212 g/mol. The van der Waals surface area contributed by atoms with E-state index in [-0.39, 0.29) is 19.1 Å². The SMILES string of the molecule is CCC[C@H](N)C(=O)N1CCOC(C(=O)O)C1. The molecule has 1 rings (SSSR count). The summed E-state index contributed by atoms with van der Waals surface area (Å²) in [5, 5.41) is 8.79. The Balaban J connectivity index is 2.53. The van der Waals surface area contributed by atoms with Gasteiger partial charge in [-0.3, -0.25) is 4.79 Å². The molecular formula is C10H18N2O4. The van der Waals surface area contributed by atoms with Gasteiger partial charge in [0.15, 0.2) is 6.10 Å². The van der Waals surface area contributed by atoms with E-state index in [0.29, 0.717) is 13.0 Å². The predicted octanol–water partition coefficient (Wildman–Crippen LogP) is -0.574. The van der Waals surface area contributed by atoms with Gasteiger partial charge in [0.2, 0.25) is 5.91 Å². The summed E-state index contributed by atoms with van der Waals surface area (Å²) in [5.74, 6) is -1.22. The van der Waals surface area contributed by atoms with Crippen molar-refractivity contribution in [1.29, 1.82) is 0 Å². The lowest BCUT2D eigenvalue weighted by Gasteiger charge is -2.32. The number of ether oxygens (including phenoxy) is 1. The number of hydrogen-bond acceptors (Lipinski definition) is 4. The van der Waals surface area contributed by atoms with Crippen LogP contribution in [-0.2, 0) is 14.3 Å². The molecule has 0 aliphatic carbocycles. The monoisotopic (exact) mass is 230 g/mol. The number of amides is 1. The molecule has 1 aliphatic rings. The molecule has 1 amide bonds. The number of morpholine rings is 1. The van der Waals surface area contributed by atoms with Crippen LogP contribution >= 0.6 is 0 Å². The van der Waals surface area contributed by atoms with Crippen molar-refractivity contribution in [1.82, 2.24) is 4.90 Å². The number of nitrogens with two attached hydrogens (primary N) is 1. The lowest BCUT2D eigenvalue weighted by molar-refractivity contribution is -0.159. The molecule has 0 aromatic rings. The van der Waals surface area contributed by atoms with Crippen LogP contribution in [0.1, 0.15) is 19.8 Å². The first-order chi connectivity index (χ1) is 7.56. The fourth-order valence-corrected chi connectivity index (χ4v) is 1.67. The quantitative estimate of drug-likeness (QED) is 0.674. The van der Waals surface area contributed by atoms with Gasteiger partial charge in [0.05, 0.1) is 19.2 Å². The van der Waals surface area contributed by atoms with Crippen LogP contribution in [0.4, 0.5) is 0 Å². The van der Waals surface area contributed by atoms with Crippen molar-refractivity contribution in [2.45, 2.75) is 31.9 Å². The molecule has 0 radical (unpaired) electrons. The number of hydrogen-bond donors (Lipinski definition) is 2. The van der Waals surface area contributed by atoms with Crippen molar-refractivity contribution in [2.75, 3.05) is 19.7 Å². The maximum Gasteiger partial charge on any atom is 0.334 e. The Morgan fingerprint density at radius 2 is 2.31 bits per heavy atom. The van der Waals surface area contributed by atoms with Crippen molar-refractivity contribution < 1.29 is 19.4 Å². The van der Waals surface area contributed by atoms with Gasteiger partial charge >= 0.3 is 5.97 Å². The Bertz CT molecular complexity index is 270. The average molecular weight is 230 g/mol. The number of carbonyl (C=O) groups excluding carboxylic acids is 1. The van der Waals surface area contributed by atoms with Crippen LogP contribution in [0.2, 0.25) is 0 Å². The summed E-state index contributed by atoms with van der Waals surface area (Å²) in [7, 11) is 0. The molecule has 1 unspecified atom stereocenters.